The van der Waals surface area contributed by atoms with Crippen LogP contribution < -0.4 is 11.2 Å². The van der Waals surface area contributed by atoms with Crippen LogP contribution in [-0.2, 0) is 0 Å². The molecule has 0 unspecified atom stereocenters. The molecule has 0 bridgehead atoms. The number of phenolic OH excluding ortho intramolecular Hbond substituents is 2. The molecule has 0 aliphatic heterocycles. The molecule has 0 amide bonds. The van der Waals surface area contributed by atoms with E-state index in [1.54, 1.807) is 36.4 Å². The Balaban J connectivity index is 1.90. The molecule has 5 N–H and O–H groups in total. The second kappa shape index (κ2) is 6.08. The number of hydrogen-bond donors (Lipinski definition) is 4. The molecule has 2 heterocycles. The predicted molar refractivity (Wildman–Crippen MR) is 101 cm³/mol. The van der Waals surface area contributed by atoms with Crippen LogP contribution in [0, 0.1) is 0 Å². The van der Waals surface area contributed by atoms with Gasteiger partial charge in [-0.25, -0.2) is 0 Å². The number of hydrazone groups is 1. The standard InChI is InChI=1S/C18H13N3O4S/c19-18(26)21-20-15(13-7-9-3-1-5-11(22)16(9)24-13)14-8-10-4-2-6-12(23)17(10)25-14/h1-8,22-23H,(H3,19,21,26). The smallest absolute Gasteiger partial charge is 0.184 e. The van der Waals surface area contributed by atoms with Crippen molar-refractivity contribution < 1.29 is 19.0 Å². The number of nitrogens with zero attached hydrogens (tertiary/aromatic N) is 1. The molecule has 0 atom stereocenters. The van der Waals surface area contributed by atoms with Gasteiger partial charge >= 0.3 is 0 Å². The fraction of sp³-hybridized carbons (Fsp3) is 0. The van der Waals surface area contributed by atoms with E-state index in [2.05, 4.69) is 10.5 Å². The number of phenols is 2. The summed E-state index contributed by atoms with van der Waals surface area (Å²) in [6.07, 6.45) is 0. The molecular weight excluding hydrogens is 354 g/mol. The van der Waals surface area contributed by atoms with Gasteiger partial charge in [-0.3, -0.25) is 5.43 Å². The van der Waals surface area contributed by atoms with Gasteiger partial charge in [0, 0.05) is 10.8 Å². The molecule has 26 heavy (non-hydrogen) atoms. The molecule has 4 aromatic rings. The summed E-state index contributed by atoms with van der Waals surface area (Å²) in [5, 5.41) is 25.4. The van der Waals surface area contributed by atoms with E-state index in [4.69, 9.17) is 26.8 Å². The van der Waals surface area contributed by atoms with Gasteiger partial charge in [0.1, 0.15) is 0 Å². The Hall–Kier alpha value is -3.52. The predicted octanol–water partition coefficient (Wildman–Crippen LogP) is 3.18. The third-order valence-electron chi connectivity index (χ3n) is 3.79. The number of benzene rings is 2. The number of para-hydroxylation sites is 2. The topological polar surface area (TPSA) is 117 Å². The first-order valence-electron chi connectivity index (χ1n) is 7.60. The minimum Gasteiger partial charge on any atom is -0.504 e. The van der Waals surface area contributed by atoms with E-state index in [1.165, 1.54) is 12.1 Å². The zero-order valence-electron chi connectivity index (χ0n) is 13.3. The SMILES string of the molecule is NC(=S)NN=C(c1cc2cccc(O)c2o1)c1cc2cccc(O)c2o1. The van der Waals surface area contributed by atoms with Crippen molar-refractivity contribution in [1.29, 1.82) is 0 Å². The van der Waals surface area contributed by atoms with Gasteiger partial charge in [-0.2, -0.15) is 5.10 Å². The molecule has 0 fully saturated rings. The van der Waals surface area contributed by atoms with Crippen molar-refractivity contribution in [3.8, 4) is 11.5 Å². The van der Waals surface area contributed by atoms with Crippen LogP contribution in [0.2, 0.25) is 0 Å². The zero-order chi connectivity index (χ0) is 18.3. The third-order valence-corrected chi connectivity index (χ3v) is 3.88. The first kappa shape index (κ1) is 16.0. The number of furan rings is 2. The Morgan fingerprint density at radius 1 is 0.923 bits per heavy atom. The summed E-state index contributed by atoms with van der Waals surface area (Å²) in [5.41, 5.74) is 8.91. The normalized spacial score (nSPS) is 10.9. The number of hydrogen-bond acceptors (Lipinski definition) is 6. The van der Waals surface area contributed by atoms with E-state index in [0.29, 0.717) is 33.5 Å². The van der Waals surface area contributed by atoms with Crippen molar-refractivity contribution in [1.82, 2.24) is 5.43 Å². The van der Waals surface area contributed by atoms with Crippen LogP contribution in [0.5, 0.6) is 11.5 Å². The van der Waals surface area contributed by atoms with Crippen LogP contribution in [0.3, 0.4) is 0 Å². The number of nitrogens with one attached hydrogen (secondary N) is 1. The Bertz CT molecular complexity index is 1090. The number of fused-ring (bicyclic) bond motifs is 2. The summed E-state index contributed by atoms with van der Waals surface area (Å²) < 4.78 is 11.5. The molecule has 0 saturated heterocycles. The van der Waals surface area contributed by atoms with Gasteiger partial charge in [-0.1, -0.05) is 24.3 Å². The maximum Gasteiger partial charge on any atom is 0.184 e. The molecule has 0 aliphatic carbocycles. The minimum atomic E-state index is -0.0274. The molecule has 2 aromatic heterocycles. The van der Waals surface area contributed by atoms with Crippen LogP contribution in [0.1, 0.15) is 11.5 Å². The van der Waals surface area contributed by atoms with Crippen LogP contribution in [0.4, 0.5) is 0 Å². The van der Waals surface area contributed by atoms with Crippen molar-refractivity contribution >= 4 is 45.0 Å². The van der Waals surface area contributed by atoms with Gasteiger partial charge in [0.05, 0.1) is 0 Å². The maximum atomic E-state index is 9.96. The average molecular weight is 367 g/mol. The maximum absolute atomic E-state index is 9.96. The second-order valence-corrected chi connectivity index (χ2v) is 5.99. The summed E-state index contributed by atoms with van der Waals surface area (Å²) in [6, 6.07) is 13.5. The van der Waals surface area contributed by atoms with Gasteiger partial charge in [-0.05, 0) is 36.5 Å². The van der Waals surface area contributed by atoms with Gasteiger partial charge in [0.25, 0.3) is 0 Å². The molecule has 0 aliphatic rings. The van der Waals surface area contributed by atoms with Gasteiger partial charge in [-0.15, -0.1) is 0 Å². The summed E-state index contributed by atoms with van der Waals surface area (Å²) >= 11 is 4.80. The number of aromatic hydroxyl groups is 2. The Morgan fingerprint density at radius 3 is 1.85 bits per heavy atom. The summed E-state index contributed by atoms with van der Waals surface area (Å²) in [7, 11) is 0. The second-order valence-electron chi connectivity index (χ2n) is 5.55. The monoisotopic (exact) mass is 367 g/mol. The fourth-order valence-corrected chi connectivity index (χ4v) is 2.72. The summed E-state index contributed by atoms with van der Waals surface area (Å²) in [4.78, 5) is 0. The molecule has 2 aromatic carbocycles. The number of nitrogens with two attached hydrogens (primary N) is 1. The highest BCUT2D eigenvalue weighted by atomic mass is 32.1. The molecular formula is C18H13N3O4S. The molecule has 8 heteroatoms. The summed E-state index contributed by atoms with van der Waals surface area (Å²) in [6.45, 7) is 0. The molecule has 130 valence electrons. The highest BCUT2D eigenvalue weighted by Crippen LogP contribution is 2.32. The van der Waals surface area contributed by atoms with Gasteiger partial charge in [0.2, 0.25) is 0 Å². The molecule has 7 nitrogen and oxygen atoms in total. The Kier molecular flexibility index (Phi) is 3.74. The molecule has 4 rings (SSSR count). The Morgan fingerprint density at radius 2 is 1.42 bits per heavy atom. The lowest BCUT2D eigenvalue weighted by Crippen LogP contribution is -2.25. The average Bonchev–Trinajstić information content (AvgIpc) is 3.21. The van der Waals surface area contributed by atoms with Crippen LogP contribution >= 0.6 is 12.2 Å². The first-order chi connectivity index (χ1) is 12.5. The van der Waals surface area contributed by atoms with Crippen molar-refractivity contribution in [2.45, 2.75) is 0 Å². The largest absolute Gasteiger partial charge is 0.504 e. The highest BCUT2D eigenvalue weighted by Gasteiger charge is 2.20. The molecule has 0 saturated carbocycles. The van der Waals surface area contributed by atoms with Crippen molar-refractivity contribution in [2.75, 3.05) is 0 Å². The van der Waals surface area contributed by atoms with Crippen LogP contribution in [0.25, 0.3) is 21.9 Å². The number of thiocarbonyl (C=S) groups is 1. The van der Waals surface area contributed by atoms with E-state index in [0.717, 1.165) is 0 Å². The lowest BCUT2D eigenvalue weighted by molar-refractivity contribution is 0.462. The van der Waals surface area contributed by atoms with Gasteiger partial charge in [0.15, 0.2) is 45.0 Å². The van der Waals surface area contributed by atoms with Crippen molar-refractivity contribution in [2.24, 2.45) is 10.8 Å². The highest BCUT2D eigenvalue weighted by molar-refractivity contribution is 7.80. The van der Waals surface area contributed by atoms with Crippen LogP contribution in [-0.4, -0.2) is 21.0 Å². The summed E-state index contributed by atoms with van der Waals surface area (Å²) in [5.74, 6) is 0.697. The molecule has 0 radical (unpaired) electrons. The van der Waals surface area contributed by atoms with E-state index in [9.17, 15) is 10.2 Å². The minimum absolute atomic E-state index is 0.0117. The van der Waals surface area contributed by atoms with Gasteiger partial charge < -0.3 is 24.8 Å². The molecule has 0 spiro atoms. The van der Waals surface area contributed by atoms with Crippen molar-refractivity contribution in [3.63, 3.8) is 0 Å². The number of rotatable bonds is 3. The fourth-order valence-electron chi connectivity index (χ4n) is 2.67. The van der Waals surface area contributed by atoms with Crippen molar-refractivity contribution in [3.05, 3.63) is 60.1 Å². The lowest BCUT2D eigenvalue weighted by Gasteiger charge is -2.01. The van der Waals surface area contributed by atoms with E-state index in [1.807, 2.05) is 0 Å². The third kappa shape index (κ3) is 2.72. The quantitative estimate of drug-likeness (QED) is 0.250. The van der Waals surface area contributed by atoms with E-state index in [-0.39, 0.29) is 22.3 Å². The van der Waals surface area contributed by atoms with E-state index < -0.39 is 0 Å². The van der Waals surface area contributed by atoms with E-state index >= 15 is 0 Å². The first-order valence-corrected chi connectivity index (χ1v) is 8.00. The zero-order valence-corrected chi connectivity index (χ0v) is 14.1. The lowest BCUT2D eigenvalue weighted by atomic mass is 10.2. The van der Waals surface area contributed by atoms with Crippen LogP contribution in [0.15, 0.2) is 62.5 Å². The Labute approximate surface area is 152 Å².